The molecule has 202 valence electrons. The Morgan fingerprint density at radius 3 is 2.92 bits per heavy atom. The van der Waals surface area contributed by atoms with E-state index in [1.165, 1.54) is 25.2 Å². The molecule has 2 atom stereocenters. The Morgan fingerprint density at radius 2 is 2.16 bits per heavy atom. The van der Waals surface area contributed by atoms with Crippen molar-refractivity contribution in [2.75, 3.05) is 45.7 Å². The molecule has 4 rings (SSSR count). The van der Waals surface area contributed by atoms with E-state index < -0.39 is 17.8 Å². The minimum absolute atomic E-state index is 0.0330. The lowest BCUT2D eigenvalue weighted by molar-refractivity contribution is -0.143. The van der Waals surface area contributed by atoms with Crippen molar-refractivity contribution in [3.8, 4) is 5.75 Å². The summed E-state index contributed by atoms with van der Waals surface area (Å²) in [7, 11) is 3.52. The van der Waals surface area contributed by atoms with Crippen molar-refractivity contribution >= 4 is 11.8 Å². The lowest BCUT2D eigenvalue weighted by atomic mass is 9.99. The van der Waals surface area contributed by atoms with Crippen molar-refractivity contribution in [3.05, 3.63) is 52.5 Å². The largest absolute Gasteiger partial charge is 0.493 e. The number of likely N-dealkylation sites (tertiary alicyclic amines) is 1. The van der Waals surface area contributed by atoms with E-state index in [9.17, 15) is 14.3 Å². The Hall–Kier alpha value is -2.71. The van der Waals surface area contributed by atoms with E-state index in [1.807, 2.05) is 11.8 Å². The fourth-order valence-electron chi connectivity index (χ4n) is 5.68. The van der Waals surface area contributed by atoms with Crippen molar-refractivity contribution in [1.29, 1.82) is 0 Å². The molecule has 3 heterocycles. The molecule has 0 unspecified atom stereocenters. The van der Waals surface area contributed by atoms with Crippen LogP contribution in [0.5, 0.6) is 5.75 Å². The number of carbonyl (C=O) groups is 1. The maximum atomic E-state index is 14.6. The van der Waals surface area contributed by atoms with Gasteiger partial charge >= 0.3 is 5.97 Å². The molecule has 1 saturated heterocycles. The molecule has 2 aliphatic heterocycles. The lowest BCUT2D eigenvalue weighted by Gasteiger charge is -2.28. The number of fused-ring (bicyclic) bond motifs is 1. The van der Waals surface area contributed by atoms with Crippen LogP contribution in [-0.2, 0) is 24.1 Å². The highest BCUT2D eigenvalue weighted by Crippen LogP contribution is 2.35. The van der Waals surface area contributed by atoms with Crippen LogP contribution in [0.3, 0.4) is 0 Å². The van der Waals surface area contributed by atoms with E-state index in [1.54, 1.807) is 6.07 Å². The number of methoxy groups -OCH3 is 1. The molecule has 0 spiro atoms. The molecule has 1 aromatic carbocycles. The van der Waals surface area contributed by atoms with Crippen LogP contribution < -0.4 is 10.1 Å². The zero-order valence-corrected chi connectivity index (χ0v) is 22.4. The first-order valence-corrected chi connectivity index (χ1v) is 13.7. The van der Waals surface area contributed by atoms with Crippen molar-refractivity contribution < 1.29 is 19.0 Å². The van der Waals surface area contributed by atoms with Crippen LogP contribution in [0.1, 0.15) is 67.5 Å². The third-order valence-corrected chi connectivity index (χ3v) is 7.85. The third kappa shape index (κ3) is 6.60. The Labute approximate surface area is 220 Å². The van der Waals surface area contributed by atoms with Crippen molar-refractivity contribution in [1.82, 2.24) is 14.8 Å². The highest BCUT2D eigenvalue weighted by atomic mass is 19.1. The highest BCUT2D eigenvalue weighted by molar-refractivity contribution is 5.77. The van der Waals surface area contributed by atoms with Crippen molar-refractivity contribution in [3.63, 3.8) is 0 Å². The van der Waals surface area contributed by atoms with Gasteiger partial charge in [-0.2, -0.15) is 0 Å². The molecule has 2 N–H and O–H groups in total. The lowest BCUT2D eigenvalue weighted by Crippen LogP contribution is -2.38. The van der Waals surface area contributed by atoms with Gasteiger partial charge in [-0.15, -0.1) is 0 Å². The summed E-state index contributed by atoms with van der Waals surface area (Å²) >= 11 is 0. The minimum Gasteiger partial charge on any atom is -0.493 e. The maximum absolute atomic E-state index is 14.6. The number of aromatic nitrogens is 1. The number of aliphatic carboxylic acids is 1. The third-order valence-electron chi connectivity index (χ3n) is 7.85. The van der Waals surface area contributed by atoms with Crippen LogP contribution in [0.25, 0.3) is 0 Å². The molecule has 0 bridgehead atoms. The van der Waals surface area contributed by atoms with Gasteiger partial charge in [0, 0.05) is 36.9 Å². The Morgan fingerprint density at radius 1 is 1.32 bits per heavy atom. The number of hydrogen-bond donors (Lipinski definition) is 2. The molecule has 7 nitrogen and oxygen atoms in total. The van der Waals surface area contributed by atoms with Crippen LogP contribution in [0.4, 0.5) is 10.2 Å². The highest BCUT2D eigenvalue weighted by Gasteiger charge is 2.37. The SMILES string of the molecule is CCc1cc(F)c(OC)c([C@H](C(=O)O)N2CC[C@@H](N(C)CCCCCc3ccc4c(n3)NCCC4)C2)c1. The summed E-state index contributed by atoms with van der Waals surface area (Å²) in [6.45, 7) is 5.21. The number of rotatable bonds is 12. The number of nitrogens with one attached hydrogen (secondary N) is 1. The monoisotopic (exact) mass is 512 g/mol. The number of carboxylic acids is 1. The summed E-state index contributed by atoms with van der Waals surface area (Å²) in [5.74, 6) is -0.376. The number of anilines is 1. The number of ether oxygens (including phenoxy) is 1. The van der Waals surface area contributed by atoms with Gasteiger partial charge in [-0.3, -0.25) is 9.69 Å². The number of unbranched alkanes of at least 4 members (excludes halogenated alkanes) is 2. The molecule has 1 aromatic heterocycles. The summed E-state index contributed by atoms with van der Waals surface area (Å²) in [6.07, 6.45) is 8.14. The van der Waals surface area contributed by atoms with E-state index in [0.717, 1.165) is 68.7 Å². The fourth-order valence-corrected chi connectivity index (χ4v) is 5.68. The second-order valence-electron chi connectivity index (χ2n) is 10.4. The molecule has 2 aromatic rings. The van der Waals surface area contributed by atoms with Crippen LogP contribution in [0, 0.1) is 5.82 Å². The number of likely N-dealkylation sites (N-methyl/N-ethyl adjacent to an activating group) is 1. The average molecular weight is 513 g/mol. The van der Waals surface area contributed by atoms with E-state index in [2.05, 4.69) is 29.4 Å². The number of nitrogens with zero attached hydrogens (tertiary/aromatic N) is 3. The zero-order chi connectivity index (χ0) is 26.4. The Balaban J connectivity index is 1.28. The van der Waals surface area contributed by atoms with E-state index in [-0.39, 0.29) is 11.8 Å². The van der Waals surface area contributed by atoms with E-state index in [4.69, 9.17) is 9.72 Å². The predicted octanol–water partition coefficient (Wildman–Crippen LogP) is 4.69. The Bertz CT molecular complexity index is 1080. The smallest absolute Gasteiger partial charge is 0.325 e. The van der Waals surface area contributed by atoms with Gasteiger partial charge < -0.3 is 20.1 Å². The van der Waals surface area contributed by atoms with E-state index in [0.29, 0.717) is 25.1 Å². The summed E-state index contributed by atoms with van der Waals surface area (Å²) in [4.78, 5) is 21.4. The number of pyridine rings is 1. The average Bonchev–Trinajstić information content (AvgIpc) is 3.37. The first-order chi connectivity index (χ1) is 17.9. The van der Waals surface area contributed by atoms with Gasteiger partial charge in [-0.25, -0.2) is 9.37 Å². The maximum Gasteiger partial charge on any atom is 0.325 e. The number of halogens is 1. The molecule has 0 aliphatic carbocycles. The second-order valence-corrected chi connectivity index (χ2v) is 10.4. The van der Waals surface area contributed by atoms with Gasteiger partial charge in [0.15, 0.2) is 11.6 Å². The fraction of sp³-hybridized carbons (Fsp3) is 0.586. The van der Waals surface area contributed by atoms with E-state index >= 15 is 0 Å². The quantitative estimate of drug-likeness (QED) is 0.399. The van der Waals surface area contributed by atoms with Crippen LogP contribution >= 0.6 is 0 Å². The van der Waals surface area contributed by atoms with Crippen molar-refractivity contribution in [2.45, 2.75) is 70.4 Å². The van der Waals surface area contributed by atoms with Gasteiger partial charge in [-0.1, -0.05) is 19.4 Å². The molecular weight excluding hydrogens is 471 g/mol. The van der Waals surface area contributed by atoms with Crippen LogP contribution in [0.2, 0.25) is 0 Å². The van der Waals surface area contributed by atoms with Crippen LogP contribution in [-0.4, -0.2) is 72.2 Å². The molecule has 2 aliphatic rings. The Kier molecular flexibility index (Phi) is 9.38. The van der Waals surface area contributed by atoms with Crippen LogP contribution in [0.15, 0.2) is 24.3 Å². The second kappa shape index (κ2) is 12.7. The summed E-state index contributed by atoms with van der Waals surface area (Å²) in [6, 6.07) is 6.96. The normalized spacial score (nSPS) is 18.5. The standard InChI is InChI=1S/C29H41FN4O3/c1-4-20-17-24(27(37-3)25(30)18-20)26(29(35)36)34-16-13-23(19-34)33(2)15-7-5-6-10-22-12-11-21-9-8-14-31-28(21)32-22/h11-12,17-18,23,26H,4-10,13-16,19H2,1-3H3,(H,31,32)(H,35,36)/t23-,26-/m1/s1. The van der Waals surface area contributed by atoms with Gasteiger partial charge in [0.1, 0.15) is 11.9 Å². The first-order valence-electron chi connectivity index (χ1n) is 13.7. The topological polar surface area (TPSA) is 77.9 Å². The summed E-state index contributed by atoms with van der Waals surface area (Å²) in [5, 5.41) is 13.5. The molecular formula is C29H41FN4O3. The molecule has 0 amide bonds. The van der Waals surface area contributed by atoms with Gasteiger partial charge in [0.25, 0.3) is 0 Å². The van der Waals surface area contributed by atoms with Gasteiger partial charge in [0.05, 0.1) is 7.11 Å². The molecule has 1 fully saturated rings. The zero-order valence-electron chi connectivity index (χ0n) is 22.4. The molecule has 0 radical (unpaired) electrons. The molecule has 37 heavy (non-hydrogen) atoms. The minimum atomic E-state index is -0.972. The predicted molar refractivity (Wildman–Crippen MR) is 144 cm³/mol. The first kappa shape index (κ1) is 27.3. The van der Waals surface area contributed by atoms with Gasteiger partial charge in [0.2, 0.25) is 0 Å². The number of hydrogen-bond acceptors (Lipinski definition) is 6. The van der Waals surface area contributed by atoms with Gasteiger partial charge in [-0.05, 0) is 87.9 Å². The number of aryl methyl sites for hydroxylation is 3. The number of carboxylic acid groups (broad SMARTS) is 1. The summed E-state index contributed by atoms with van der Waals surface area (Å²) in [5.41, 5.74) is 3.66. The molecule has 8 heteroatoms. The van der Waals surface area contributed by atoms with Crippen molar-refractivity contribution in [2.24, 2.45) is 0 Å². The molecule has 0 saturated carbocycles. The number of benzene rings is 1. The summed E-state index contributed by atoms with van der Waals surface area (Å²) < 4.78 is 19.9.